The number of halogens is 2. The zero-order valence-electron chi connectivity index (χ0n) is 13.2. The molecule has 0 saturated carbocycles. The average molecular weight is 356 g/mol. The molecule has 1 aromatic carbocycles. The normalized spacial score (nSPS) is 18.2. The Bertz CT molecular complexity index is 724. The Morgan fingerprint density at radius 3 is 2.96 bits per heavy atom. The van der Waals surface area contributed by atoms with Crippen LogP contribution >= 0.6 is 12.4 Å². The summed E-state index contributed by atoms with van der Waals surface area (Å²) >= 11 is 0. The SMILES string of the molecule is Cl.Cn1ccnc1C1CNCCN1Cc1cc(F)ccc1[N+](=O)[O-]. The Kier molecular flexibility index (Phi) is 5.87. The smallest absolute Gasteiger partial charge is 0.274 e. The summed E-state index contributed by atoms with van der Waals surface area (Å²) < 4.78 is 15.5. The Balaban J connectivity index is 0.00000208. The minimum Gasteiger partial charge on any atom is -0.337 e. The second-order valence-electron chi connectivity index (χ2n) is 5.62. The van der Waals surface area contributed by atoms with E-state index in [9.17, 15) is 14.5 Å². The molecule has 0 bridgehead atoms. The van der Waals surface area contributed by atoms with Gasteiger partial charge in [0.15, 0.2) is 0 Å². The van der Waals surface area contributed by atoms with Crippen LogP contribution in [0.2, 0.25) is 0 Å². The Morgan fingerprint density at radius 2 is 2.29 bits per heavy atom. The van der Waals surface area contributed by atoms with Crippen LogP contribution < -0.4 is 5.32 Å². The van der Waals surface area contributed by atoms with Gasteiger partial charge in [-0.2, -0.15) is 0 Å². The van der Waals surface area contributed by atoms with Gasteiger partial charge in [0.2, 0.25) is 0 Å². The zero-order valence-corrected chi connectivity index (χ0v) is 14.0. The lowest BCUT2D eigenvalue weighted by Crippen LogP contribution is -2.46. The van der Waals surface area contributed by atoms with Crippen LogP contribution in [0, 0.1) is 15.9 Å². The molecule has 1 unspecified atom stereocenters. The fourth-order valence-corrected chi connectivity index (χ4v) is 2.97. The van der Waals surface area contributed by atoms with Gasteiger partial charge in [0.25, 0.3) is 5.69 Å². The molecule has 1 aliphatic heterocycles. The Labute approximate surface area is 145 Å². The number of aryl methyl sites for hydroxylation is 1. The molecule has 7 nitrogen and oxygen atoms in total. The van der Waals surface area contributed by atoms with Crippen molar-refractivity contribution in [3.05, 3.63) is 57.9 Å². The molecule has 130 valence electrons. The van der Waals surface area contributed by atoms with Gasteiger partial charge in [0.1, 0.15) is 11.6 Å². The second-order valence-corrected chi connectivity index (χ2v) is 5.62. The highest BCUT2D eigenvalue weighted by Crippen LogP contribution is 2.27. The van der Waals surface area contributed by atoms with Gasteiger partial charge >= 0.3 is 0 Å². The van der Waals surface area contributed by atoms with Crippen LogP contribution in [0.25, 0.3) is 0 Å². The van der Waals surface area contributed by atoms with E-state index < -0.39 is 10.7 Å². The van der Waals surface area contributed by atoms with Crippen molar-refractivity contribution in [3.63, 3.8) is 0 Å². The number of benzene rings is 1. The predicted molar refractivity (Wildman–Crippen MR) is 89.5 cm³/mol. The molecule has 1 saturated heterocycles. The van der Waals surface area contributed by atoms with Crippen LogP contribution in [0.1, 0.15) is 17.4 Å². The van der Waals surface area contributed by atoms with E-state index in [2.05, 4.69) is 15.2 Å². The highest BCUT2D eigenvalue weighted by Gasteiger charge is 2.28. The molecular formula is C15H19ClFN5O2. The zero-order chi connectivity index (χ0) is 16.4. The maximum atomic E-state index is 13.5. The van der Waals surface area contributed by atoms with Crippen LogP contribution in [0.5, 0.6) is 0 Å². The third-order valence-electron chi connectivity index (χ3n) is 4.12. The van der Waals surface area contributed by atoms with Gasteiger partial charge in [0, 0.05) is 57.3 Å². The lowest BCUT2D eigenvalue weighted by atomic mass is 10.1. The van der Waals surface area contributed by atoms with Crippen molar-refractivity contribution in [1.29, 1.82) is 0 Å². The van der Waals surface area contributed by atoms with E-state index in [1.165, 1.54) is 12.1 Å². The molecule has 1 atom stereocenters. The number of nitro benzene ring substituents is 1. The first kappa shape index (κ1) is 18.3. The summed E-state index contributed by atoms with van der Waals surface area (Å²) in [6.07, 6.45) is 3.60. The lowest BCUT2D eigenvalue weighted by molar-refractivity contribution is -0.385. The molecule has 2 aromatic rings. The molecule has 9 heteroatoms. The van der Waals surface area contributed by atoms with E-state index in [4.69, 9.17) is 0 Å². The number of nitrogens with zero attached hydrogens (tertiary/aromatic N) is 4. The van der Waals surface area contributed by atoms with E-state index in [1.807, 2.05) is 17.8 Å². The molecule has 0 amide bonds. The fraction of sp³-hybridized carbons (Fsp3) is 0.400. The fourth-order valence-electron chi connectivity index (χ4n) is 2.97. The van der Waals surface area contributed by atoms with Gasteiger partial charge in [-0.25, -0.2) is 9.37 Å². The number of nitro groups is 1. The molecular weight excluding hydrogens is 337 g/mol. The van der Waals surface area contributed by atoms with Gasteiger partial charge in [-0.05, 0) is 12.1 Å². The quantitative estimate of drug-likeness (QED) is 0.671. The first-order valence-electron chi connectivity index (χ1n) is 7.41. The molecule has 1 fully saturated rings. The highest BCUT2D eigenvalue weighted by atomic mass is 35.5. The summed E-state index contributed by atoms with van der Waals surface area (Å²) in [5, 5.41) is 14.5. The van der Waals surface area contributed by atoms with Crippen molar-refractivity contribution >= 4 is 18.1 Å². The molecule has 2 heterocycles. The van der Waals surface area contributed by atoms with Crippen LogP contribution in [-0.2, 0) is 13.6 Å². The molecule has 1 aromatic heterocycles. The van der Waals surface area contributed by atoms with Gasteiger partial charge < -0.3 is 9.88 Å². The molecule has 0 aliphatic carbocycles. The molecule has 1 N–H and O–H groups in total. The average Bonchev–Trinajstić information content (AvgIpc) is 2.93. The minimum atomic E-state index is -0.466. The number of imidazole rings is 1. The summed E-state index contributed by atoms with van der Waals surface area (Å²) in [4.78, 5) is 17.2. The lowest BCUT2D eigenvalue weighted by Gasteiger charge is -2.35. The van der Waals surface area contributed by atoms with E-state index in [0.29, 0.717) is 25.2 Å². The molecule has 0 radical (unpaired) electrons. The topological polar surface area (TPSA) is 76.2 Å². The van der Waals surface area contributed by atoms with E-state index in [1.54, 1.807) is 6.20 Å². The number of hydrogen-bond donors (Lipinski definition) is 1. The molecule has 0 spiro atoms. The van der Waals surface area contributed by atoms with Crippen molar-refractivity contribution < 1.29 is 9.31 Å². The number of nitrogens with one attached hydrogen (secondary N) is 1. The van der Waals surface area contributed by atoms with Crippen LogP contribution in [0.4, 0.5) is 10.1 Å². The summed E-state index contributed by atoms with van der Waals surface area (Å²) in [5.41, 5.74) is 0.333. The second kappa shape index (κ2) is 7.69. The number of rotatable bonds is 4. The standard InChI is InChI=1S/C15H18FN5O2.ClH/c1-19-6-5-18-15(19)14-9-17-4-7-20(14)10-11-8-12(16)2-3-13(11)21(22)23;/h2-3,5-6,8,14,17H,4,7,9-10H2,1H3;1H. The van der Waals surface area contributed by atoms with Crippen LogP contribution in [0.3, 0.4) is 0 Å². The van der Waals surface area contributed by atoms with Gasteiger partial charge in [-0.3, -0.25) is 15.0 Å². The number of piperazine rings is 1. The highest BCUT2D eigenvalue weighted by molar-refractivity contribution is 5.85. The van der Waals surface area contributed by atoms with Crippen LogP contribution in [-0.4, -0.2) is 39.0 Å². The molecule has 3 rings (SSSR count). The summed E-state index contributed by atoms with van der Waals surface area (Å²) in [5.74, 6) is 0.422. The first-order valence-corrected chi connectivity index (χ1v) is 7.41. The maximum Gasteiger partial charge on any atom is 0.274 e. The Morgan fingerprint density at radius 1 is 1.50 bits per heavy atom. The van der Waals surface area contributed by atoms with E-state index in [0.717, 1.165) is 18.4 Å². The molecule has 24 heavy (non-hydrogen) atoms. The van der Waals surface area contributed by atoms with Crippen molar-refractivity contribution in [1.82, 2.24) is 19.8 Å². The monoisotopic (exact) mass is 355 g/mol. The van der Waals surface area contributed by atoms with Gasteiger partial charge in [-0.1, -0.05) is 0 Å². The Hall–Kier alpha value is -2.03. The van der Waals surface area contributed by atoms with Gasteiger partial charge in [0.05, 0.1) is 11.0 Å². The van der Waals surface area contributed by atoms with E-state index in [-0.39, 0.29) is 24.1 Å². The summed E-state index contributed by atoms with van der Waals surface area (Å²) in [6.45, 7) is 2.51. The van der Waals surface area contributed by atoms with Crippen LogP contribution in [0.15, 0.2) is 30.6 Å². The largest absolute Gasteiger partial charge is 0.337 e. The summed E-state index contributed by atoms with van der Waals surface area (Å²) in [6, 6.07) is 3.58. The number of aromatic nitrogens is 2. The summed E-state index contributed by atoms with van der Waals surface area (Å²) in [7, 11) is 1.92. The van der Waals surface area contributed by atoms with Gasteiger partial charge in [-0.15, -0.1) is 12.4 Å². The molecule has 1 aliphatic rings. The van der Waals surface area contributed by atoms with E-state index >= 15 is 0 Å². The van der Waals surface area contributed by atoms with Crippen molar-refractivity contribution in [3.8, 4) is 0 Å². The van der Waals surface area contributed by atoms with Crippen molar-refractivity contribution in [2.75, 3.05) is 19.6 Å². The number of hydrogen-bond acceptors (Lipinski definition) is 5. The predicted octanol–water partition coefficient (Wildman–Crippen LogP) is 2.04. The minimum absolute atomic E-state index is 0. The third kappa shape index (κ3) is 3.72. The third-order valence-corrected chi connectivity index (χ3v) is 4.12. The van der Waals surface area contributed by atoms with Crippen molar-refractivity contribution in [2.45, 2.75) is 12.6 Å². The maximum absolute atomic E-state index is 13.5. The first-order chi connectivity index (χ1) is 11.1. The van der Waals surface area contributed by atoms with Crippen molar-refractivity contribution in [2.24, 2.45) is 7.05 Å².